The Bertz CT molecular complexity index is 1020. The third kappa shape index (κ3) is 4.59. The maximum Gasteiger partial charge on any atom is 0.346 e. The first kappa shape index (κ1) is 19.4. The summed E-state index contributed by atoms with van der Waals surface area (Å²) >= 11 is 1.58. The lowest BCUT2D eigenvalue weighted by atomic mass is 10.1. The third-order valence-electron chi connectivity index (χ3n) is 4.77. The number of aromatic nitrogens is 3. The SMILES string of the molecule is CCOc1ccc(CC(=O)NCCn2nc(-c3cccs3)n(C3CC3)c2=O)cc1. The van der Waals surface area contributed by atoms with Gasteiger partial charge in [-0.3, -0.25) is 9.36 Å². The van der Waals surface area contributed by atoms with Crippen molar-refractivity contribution in [1.29, 1.82) is 0 Å². The Hall–Kier alpha value is -2.87. The smallest absolute Gasteiger partial charge is 0.346 e. The standard InChI is InChI=1S/C21H24N4O3S/c1-2-28-17-9-5-15(6-10-17)14-19(26)22-11-12-24-21(27)25(16-7-8-16)20(23-24)18-4-3-13-29-18/h3-6,9-10,13,16H,2,7-8,11-12,14H2,1H3,(H,22,26). The summed E-state index contributed by atoms with van der Waals surface area (Å²) in [4.78, 5) is 26.0. The third-order valence-corrected chi connectivity index (χ3v) is 5.63. The summed E-state index contributed by atoms with van der Waals surface area (Å²) in [6.07, 6.45) is 2.32. The summed E-state index contributed by atoms with van der Waals surface area (Å²) in [6.45, 7) is 3.26. The molecular formula is C21H24N4O3S. The molecule has 0 radical (unpaired) electrons. The van der Waals surface area contributed by atoms with Gasteiger partial charge in [-0.1, -0.05) is 18.2 Å². The molecule has 2 heterocycles. The Morgan fingerprint density at radius 1 is 1.28 bits per heavy atom. The minimum Gasteiger partial charge on any atom is -0.494 e. The fourth-order valence-electron chi connectivity index (χ4n) is 3.22. The second-order valence-electron chi connectivity index (χ2n) is 7.01. The van der Waals surface area contributed by atoms with Crippen LogP contribution in [0.4, 0.5) is 0 Å². The van der Waals surface area contributed by atoms with Gasteiger partial charge in [0.05, 0.1) is 24.4 Å². The summed E-state index contributed by atoms with van der Waals surface area (Å²) < 4.78 is 8.67. The van der Waals surface area contributed by atoms with Crippen LogP contribution < -0.4 is 15.7 Å². The number of nitrogens with zero attached hydrogens (tertiary/aromatic N) is 3. The lowest BCUT2D eigenvalue weighted by Crippen LogP contribution is -2.32. The largest absolute Gasteiger partial charge is 0.494 e. The number of hydrogen-bond donors (Lipinski definition) is 1. The highest BCUT2D eigenvalue weighted by Crippen LogP contribution is 2.37. The van der Waals surface area contributed by atoms with Crippen LogP contribution >= 0.6 is 11.3 Å². The summed E-state index contributed by atoms with van der Waals surface area (Å²) in [5.74, 6) is 1.44. The highest BCUT2D eigenvalue weighted by Gasteiger charge is 2.30. The van der Waals surface area contributed by atoms with Gasteiger partial charge in [0.2, 0.25) is 5.91 Å². The van der Waals surface area contributed by atoms with Crippen LogP contribution in [0.1, 0.15) is 31.4 Å². The van der Waals surface area contributed by atoms with Gasteiger partial charge in [-0.15, -0.1) is 16.4 Å². The summed E-state index contributed by atoms with van der Waals surface area (Å²) in [6, 6.07) is 11.7. The summed E-state index contributed by atoms with van der Waals surface area (Å²) in [7, 11) is 0. The molecule has 1 aliphatic carbocycles. The molecule has 1 aliphatic rings. The number of benzene rings is 1. The quantitative estimate of drug-likeness (QED) is 0.586. The minimum atomic E-state index is -0.100. The molecule has 3 aromatic rings. The van der Waals surface area contributed by atoms with E-state index in [0.29, 0.717) is 19.7 Å². The van der Waals surface area contributed by atoms with E-state index in [9.17, 15) is 9.59 Å². The van der Waals surface area contributed by atoms with E-state index in [-0.39, 0.29) is 24.1 Å². The van der Waals surface area contributed by atoms with E-state index < -0.39 is 0 Å². The molecule has 8 heteroatoms. The fraction of sp³-hybridized carbons (Fsp3) is 0.381. The average molecular weight is 413 g/mol. The van der Waals surface area contributed by atoms with Crippen molar-refractivity contribution in [2.45, 2.75) is 38.8 Å². The number of rotatable bonds is 9. The van der Waals surface area contributed by atoms with Gasteiger partial charge in [0.15, 0.2) is 5.82 Å². The second kappa shape index (κ2) is 8.65. The number of thiophene rings is 1. The highest BCUT2D eigenvalue weighted by molar-refractivity contribution is 7.13. The second-order valence-corrected chi connectivity index (χ2v) is 7.96. The van der Waals surface area contributed by atoms with Crippen LogP contribution in [0.15, 0.2) is 46.6 Å². The molecule has 7 nitrogen and oxygen atoms in total. The maximum atomic E-state index is 12.8. The number of carbonyl (C=O) groups excluding carboxylic acids is 1. The van der Waals surface area contributed by atoms with Crippen LogP contribution in [0, 0.1) is 0 Å². The first-order valence-electron chi connectivity index (χ1n) is 9.87. The van der Waals surface area contributed by atoms with Crippen LogP contribution in [0.2, 0.25) is 0 Å². The predicted octanol–water partition coefficient (Wildman–Crippen LogP) is 2.87. The van der Waals surface area contributed by atoms with Crippen molar-refractivity contribution in [2.75, 3.05) is 13.2 Å². The Kier molecular flexibility index (Phi) is 5.80. The van der Waals surface area contributed by atoms with Gasteiger partial charge < -0.3 is 10.1 Å². The van der Waals surface area contributed by atoms with Crippen molar-refractivity contribution in [1.82, 2.24) is 19.7 Å². The molecule has 1 amide bonds. The predicted molar refractivity (Wildman–Crippen MR) is 112 cm³/mol. The van der Waals surface area contributed by atoms with Crippen LogP contribution in [-0.4, -0.2) is 33.4 Å². The normalized spacial score (nSPS) is 13.4. The van der Waals surface area contributed by atoms with Gasteiger partial charge in [0, 0.05) is 12.6 Å². The number of nitrogens with one attached hydrogen (secondary N) is 1. The Morgan fingerprint density at radius 3 is 2.72 bits per heavy atom. The minimum absolute atomic E-state index is 0.0812. The number of ether oxygens (including phenoxy) is 1. The lowest BCUT2D eigenvalue weighted by molar-refractivity contribution is -0.120. The molecule has 0 aliphatic heterocycles. The Balaban J connectivity index is 1.35. The van der Waals surface area contributed by atoms with Crippen LogP contribution in [0.5, 0.6) is 5.75 Å². The van der Waals surface area contributed by atoms with Crippen molar-refractivity contribution in [3.63, 3.8) is 0 Å². The first-order valence-corrected chi connectivity index (χ1v) is 10.8. The highest BCUT2D eigenvalue weighted by atomic mass is 32.1. The van der Waals surface area contributed by atoms with Gasteiger partial charge in [0.1, 0.15) is 5.75 Å². The van der Waals surface area contributed by atoms with Crippen LogP contribution in [0.25, 0.3) is 10.7 Å². The monoisotopic (exact) mass is 412 g/mol. The molecule has 152 valence electrons. The number of amides is 1. The molecule has 2 aromatic heterocycles. The van der Waals surface area contributed by atoms with E-state index >= 15 is 0 Å². The molecule has 4 rings (SSSR count). The van der Waals surface area contributed by atoms with Gasteiger partial charge in [-0.25, -0.2) is 9.48 Å². The van der Waals surface area contributed by atoms with Crippen LogP contribution in [-0.2, 0) is 17.8 Å². The zero-order chi connectivity index (χ0) is 20.2. The van der Waals surface area contributed by atoms with Gasteiger partial charge in [-0.05, 0) is 48.9 Å². The van der Waals surface area contributed by atoms with Crippen molar-refractivity contribution in [2.24, 2.45) is 0 Å². The molecule has 1 aromatic carbocycles. The zero-order valence-electron chi connectivity index (χ0n) is 16.3. The Labute approximate surface area is 172 Å². The zero-order valence-corrected chi connectivity index (χ0v) is 17.2. The fourth-order valence-corrected chi connectivity index (χ4v) is 3.93. The van der Waals surface area contributed by atoms with Crippen molar-refractivity contribution in [3.8, 4) is 16.5 Å². The molecule has 0 saturated heterocycles. The number of hydrogen-bond acceptors (Lipinski definition) is 5. The molecular weight excluding hydrogens is 388 g/mol. The van der Waals surface area contributed by atoms with Gasteiger partial charge in [-0.2, -0.15) is 0 Å². The van der Waals surface area contributed by atoms with E-state index in [0.717, 1.165) is 34.9 Å². The van der Waals surface area contributed by atoms with Crippen molar-refractivity contribution < 1.29 is 9.53 Å². The van der Waals surface area contributed by atoms with E-state index in [1.54, 1.807) is 15.9 Å². The molecule has 0 spiro atoms. The van der Waals surface area contributed by atoms with E-state index in [1.807, 2.05) is 48.7 Å². The molecule has 1 saturated carbocycles. The molecule has 0 bridgehead atoms. The van der Waals surface area contributed by atoms with E-state index in [1.165, 1.54) is 4.68 Å². The molecule has 0 atom stereocenters. The van der Waals surface area contributed by atoms with Crippen LogP contribution in [0.3, 0.4) is 0 Å². The number of carbonyl (C=O) groups is 1. The Morgan fingerprint density at radius 2 is 2.07 bits per heavy atom. The topological polar surface area (TPSA) is 78.2 Å². The maximum absolute atomic E-state index is 12.8. The van der Waals surface area contributed by atoms with Crippen molar-refractivity contribution >= 4 is 17.2 Å². The lowest BCUT2D eigenvalue weighted by Gasteiger charge is -2.06. The van der Waals surface area contributed by atoms with E-state index in [2.05, 4.69) is 10.4 Å². The average Bonchev–Trinajstić information content (AvgIpc) is 3.28. The molecule has 1 N–H and O–H groups in total. The first-order chi connectivity index (χ1) is 14.2. The van der Waals surface area contributed by atoms with Gasteiger partial charge in [0.25, 0.3) is 0 Å². The summed E-state index contributed by atoms with van der Waals surface area (Å²) in [5.41, 5.74) is 0.817. The molecule has 29 heavy (non-hydrogen) atoms. The van der Waals surface area contributed by atoms with E-state index in [4.69, 9.17) is 4.74 Å². The van der Waals surface area contributed by atoms with Crippen molar-refractivity contribution in [3.05, 3.63) is 57.8 Å². The molecule has 0 unspecified atom stereocenters. The summed E-state index contributed by atoms with van der Waals surface area (Å²) in [5, 5.41) is 9.40. The molecule has 1 fully saturated rings. The van der Waals surface area contributed by atoms with Gasteiger partial charge >= 0.3 is 5.69 Å².